The number of hydrogen-bond acceptors (Lipinski definition) is 2. The lowest BCUT2D eigenvalue weighted by Gasteiger charge is -2.20. The summed E-state index contributed by atoms with van der Waals surface area (Å²) in [6.07, 6.45) is 0. The summed E-state index contributed by atoms with van der Waals surface area (Å²) in [5.74, 6) is -0.521. The van der Waals surface area contributed by atoms with E-state index in [0.717, 1.165) is 5.56 Å². The summed E-state index contributed by atoms with van der Waals surface area (Å²) in [4.78, 5) is 0. The van der Waals surface area contributed by atoms with Gasteiger partial charge in [0.15, 0.2) is 0 Å². The fourth-order valence-electron chi connectivity index (χ4n) is 2.34. The second kappa shape index (κ2) is 6.91. The van der Waals surface area contributed by atoms with Gasteiger partial charge < -0.3 is 4.52 Å². The van der Waals surface area contributed by atoms with E-state index in [4.69, 9.17) is 4.52 Å². The van der Waals surface area contributed by atoms with E-state index in [1.165, 1.54) is 12.1 Å². The third-order valence-corrected chi connectivity index (χ3v) is 5.99. The molecule has 0 aliphatic rings. The molecule has 2 nitrogen and oxygen atoms in total. The lowest BCUT2D eigenvalue weighted by atomic mass is 10.2. The van der Waals surface area contributed by atoms with Crippen molar-refractivity contribution in [2.75, 3.05) is 0 Å². The molecule has 3 rings (SSSR count). The first-order valence-corrected chi connectivity index (χ1v) is 8.92. The Morgan fingerprint density at radius 2 is 1.35 bits per heavy atom. The van der Waals surface area contributed by atoms with Crippen LogP contribution in [0.4, 0.5) is 4.39 Å². The third kappa shape index (κ3) is 3.42. The van der Waals surface area contributed by atoms with Gasteiger partial charge in [-0.3, -0.25) is 4.57 Å². The first-order valence-electron chi connectivity index (χ1n) is 7.29. The summed E-state index contributed by atoms with van der Waals surface area (Å²) in [5, 5.41) is 0.586. The fraction of sp³-hybridized carbons (Fsp3) is 0.0526. The van der Waals surface area contributed by atoms with E-state index in [-0.39, 0.29) is 11.9 Å². The van der Waals surface area contributed by atoms with Gasteiger partial charge in [-0.1, -0.05) is 60.7 Å². The molecule has 0 saturated heterocycles. The molecule has 0 saturated carbocycles. The van der Waals surface area contributed by atoms with Crippen LogP contribution in [0.3, 0.4) is 0 Å². The van der Waals surface area contributed by atoms with Crippen LogP contribution in [-0.4, -0.2) is 0 Å². The van der Waals surface area contributed by atoms with Crippen LogP contribution < -0.4 is 10.6 Å². The summed E-state index contributed by atoms with van der Waals surface area (Å²) in [6.45, 7) is 0.154. The van der Waals surface area contributed by atoms with Gasteiger partial charge in [0.25, 0.3) is 7.37 Å². The zero-order valence-corrected chi connectivity index (χ0v) is 13.3. The second-order valence-corrected chi connectivity index (χ2v) is 7.46. The van der Waals surface area contributed by atoms with E-state index in [9.17, 15) is 8.96 Å². The van der Waals surface area contributed by atoms with Crippen molar-refractivity contribution in [3.63, 3.8) is 0 Å². The molecule has 1 unspecified atom stereocenters. The van der Waals surface area contributed by atoms with Crippen molar-refractivity contribution in [1.29, 1.82) is 0 Å². The summed E-state index contributed by atoms with van der Waals surface area (Å²) in [5.41, 5.74) is 0.889. The van der Waals surface area contributed by atoms with Gasteiger partial charge in [-0.2, -0.15) is 0 Å². The molecule has 0 heterocycles. The van der Waals surface area contributed by atoms with Gasteiger partial charge in [0, 0.05) is 5.30 Å². The summed E-state index contributed by atoms with van der Waals surface area (Å²) in [6, 6.07) is 24.3. The standard InChI is InChI=1S/C19H16FO2P/c20-18-13-7-8-14-19(18)23(21,17-11-5-2-6-12-17)22-15-16-9-3-1-4-10-16/h1-14H,15H2. The van der Waals surface area contributed by atoms with Gasteiger partial charge in [-0.15, -0.1) is 0 Å². The molecular formula is C19H16FO2P. The molecule has 3 aromatic carbocycles. The van der Waals surface area contributed by atoms with Crippen LogP contribution in [0.15, 0.2) is 84.9 Å². The minimum Gasteiger partial charge on any atom is -0.317 e. The summed E-state index contributed by atoms with van der Waals surface area (Å²) in [7, 11) is -3.50. The van der Waals surface area contributed by atoms with E-state index in [0.29, 0.717) is 5.30 Å². The maximum atomic E-state index is 14.2. The summed E-state index contributed by atoms with van der Waals surface area (Å²) >= 11 is 0. The lowest BCUT2D eigenvalue weighted by Crippen LogP contribution is -2.20. The largest absolute Gasteiger partial charge is 0.317 e. The molecule has 0 aromatic heterocycles. The van der Waals surface area contributed by atoms with Gasteiger partial charge in [0.1, 0.15) is 5.82 Å². The molecule has 0 fully saturated rings. The highest BCUT2D eigenvalue weighted by atomic mass is 31.2. The van der Waals surface area contributed by atoms with Crippen molar-refractivity contribution < 1.29 is 13.5 Å². The van der Waals surface area contributed by atoms with Crippen molar-refractivity contribution >= 4 is 18.0 Å². The lowest BCUT2D eigenvalue weighted by molar-refractivity contribution is 0.315. The number of rotatable bonds is 5. The predicted molar refractivity (Wildman–Crippen MR) is 90.9 cm³/mol. The maximum Gasteiger partial charge on any atom is 0.264 e. The summed E-state index contributed by atoms with van der Waals surface area (Å²) < 4.78 is 33.6. The van der Waals surface area contributed by atoms with Crippen LogP contribution in [0.2, 0.25) is 0 Å². The molecule has 3 aromatic rings. The van der Waals surface area contributed by atoms with Crippen molar-refractivity contribution in [2.24, 2.45) is 0 Å². The van der Waals surface area contributed by atoms with Crippen LogP contribution in [0.1, 0.15) is 5.56 Å². The molecule has 0 radical (unpaired) electrons. The fourth-order valence-corrected chi connectivity index (χ4v) is 4.44. The van der Waals surface area contributed by atoms with Crippen molar-refractivity contribution in [3.05, 3.63) is 96.3 Å². The van der Waals surface area contributed by atoms with E-state index >= 15 is 0 Å². The quantitative estimate of drug-likeness (QED) is 0.655. The van der Waals surface area contributed by atoms with E-state index in [1.807, 2.05) is 36.4 Å². The molecule has 0 aliphatic heterocycles. The van der Waals surface area contributed by atoms with Gasteiger partial charge in [0.05, 0.1) is 11.9 Å². The molecule has 0 N–H and O–H groups in total. The minimum absolute atomic E-state index is 0.0992. The highest BCUT2D eigenvalue weighted by molar-refractivity contribution is 7.74. The van der Waals surface area contributed by atoms with E-state index < -0.39 is 13.2 Å². The van der Waals surface area contributed by atoms with Crippen molar-refractivity contribution in [2.45, 2.75) is 6.61 Å². The average molecular weight is 326 g/mol. The Morgan fingerprint density at radius 1 is 0.783 bits per heavy atom. The normalized spacial score (nSPS) is 13.4. The zero-order valence-electron chi connectivity index (χ0n) is 12.4. The van der Waals surface area contributed by atoms with Gasteiger partial charge in [-0.05, 0) is 29.8 Å². The molecule has 116 valence electrons. The first-order chi connectivity index (χ1) is 11.2. The van der Waals surface area contributed by atoms with Crippen molar-refractivity contribution in [1.82, 2.24) is 0 Å². The Labute approximate surface area is 135 Å². The Morgan fingerprint density at radius 3 is 2.00 bits per heavy atom. The zero-order chi connectivity index (χ0) is 16.1. The van der Waals surface area contributed by atoms with Gasteiger partial charge in [-0.25, -0.2) is 4.39 Å². The maximum absolute atomic E-state index is 14.2. The van der Waals surface area contributed by atoms with Gasteiger partial charge >= 0.3 is 0 Å². The minimum atomic E-state index is -3.50. The number of halogens is 1. The van der Waals surface area contributed by atoms with E-state index in [1.54, 1.807) is 36.4 Å². The highest BCUT2D eigenvalue weighted by Gasteiger charge is 2.31. The smallest absolute Gasteiger partial charge is 0.264 e. The van der Waals surface area contributed by atoms with Crippen LogP contribution >= 0.6 is 7.37 Å². The Bertz CT molecular complexity index is 819. The van der Waals surface area contributed by atoms with E-state index in [2.05, 4.69) is 0 Å². The SMILES string of the molecule is O=P(OCc1ccccc1)(c1ccccc1)c1ccccc1F. The number of benzene rings is 3. The number of hydrogen-bond donors (Lipinski definition) is 0. The third-order valence-electron chi connectivity index (χ3n) is 3.52. The average Bonchev–Trinajstić information content (AvgIpc) is 2.62. The monoisotopic (exact) mass is 326 g/mol. The topological polar surface area (TPSA) is 26.3 Å². The van der Waals surface area contributed by atoms with Crippen LogP contribution in [0, 0.1) is 5.82 Å². The Hall–Kier alpha value is -2.22. The first kappa shape index (κ1) is 15.7. The van der Waals surface area contributed by atoms with Crippen molar-refractivity contribution in [3.8, 4) is 0 Å². The molecule has 0 spiro atoms. The molecule has 4 heteroatoms. The molecule has 0 bridgehead atoms. The molecule has 1 atom stereocenters. The van der Waals surface area contributed by atoms with Gasteiger partial charge in [0.2, 0.25) is 0 Å². The molecular weight excluding hydrogens is 310 g/mol. The van der Waals surface area contributed by atoms with Crippen LogP contribution in [0.25, 0.3) is 0 Å². The Kier molecular flexibility index (Phi) is 4.71. The highest BCUT2D eigenvalue weighted by Crippen LogP contribution is 2.46. The second-order valence-electron chi connectivity index (χ2n) is 5.10. The predicted octanol–water partition coefficient (Wildman–Crippen LogP) is 4.27. The molecule has 0 aliphatic carbocycles. The van der Waals surface area contributed by atoms with Crippen LogP contribution in [-0.2, 0) is 15.7 Å². The molecule has 23 heavy (non-hydrogen) atoms. The molecule has 0 amide bonds. The van der Waals surface area contributed by atoms with Crippen LogP contribution in [0.5, 0.6) is 0 Å². The Balaban J connectivity index is 2.01.